The van der Waals surface area contributed by atoms with Gasteiger partial charge in [0.15, 0.2) is 0 Å². The lowest BCUT2D eigenvalue weighted by atomic mass is 10.2. The van der Waals surface area contributed by atoms with Gasteiger partial charge in [0.1, 0.15) is 5.69 Å². The van der Waals surface area contributed by atoms with Gasteiger partial charge < -0.3 is 10.6 Å². The zero-order chi connectivity index (χ0) is 14.1. The molecule has 0 aliphatic carbocycles. The average Bonchev–Trinajstić information content (AvgIpc) is 2.84. The smallest absolute Gasteiger partial charge is 0.270 e. The van der Waals surface area contributed by atoms with Gasteiger partial charge in [-0.2, -0.15) is 0 Å². The number of carbonyl (C=O) groups excluding carboxylic acids is 1. The molecule has 1 fully saturated rings. The molecular weight excluding hydrogens is 320 g/mol. The van der Waals surface area contributed by atoms with Crippen molar-refractivity contribution >= 4 is 32.7 Å². The second kappa shape index (κ2) is 5.46. The highest BCUT2D eigenvalue weighted by Gasteiger charge is 2.23. The first-order chi connectivity index (χ1) is 9.63. The number of aromatic nitrogens is 2. The van der Waals surface area contributed by atoms with Gasteiger partial charge in [-0.05, 0) is 41.4 Å². The largest absolute Gasteiger partial charge is 0.347 e. The third-order valence-corrected chi connectivity index (χ3v) is 4.05. The van der Waals surface area contributed by atoms with Crippen LogP contribution in [0.2, 0.25) is 0 Å². The van der Waals surface area contributed by atoms with Gasteiger partial charge in [-0.25, -0.2) is 4.98 Å². The average molecular weight is 335 g/mol. The molecule has 0 spiro atoms. The van der Waals surface area contributed by atoms with E-state index in [9.17, 15) is 4.79 Å². The Labute approximate surface area is 125 Å². The van der Waals surface area contributed by atoms with Gasteiger partial charge in [0.05, 0.1) is 9.99 Å². The molecule has 0 saturated carbocycles. The number of pyridine rings is 2. The number of nitrogens with one attached hydrogen (secondary N) is 2. The second-order valence-corrected chi connectivity index (χ2v) is 5.96. The number of hydrogen-bond donors (Lipinski definition) is 2. The maximum Gasteiger partial charge on any atom is 0.270 e. The maximum atomic E-state index is 12.2. The molecule has 104 valence electrons. The van der Waals surface area contributed by atoms with Crippen LogP contribution in [0.15, 0.2) is 29.0 Å². The lowest BCUT2D eigenvalue weighted by Gasteiger charge is -2.11. The summed E-state index contributed by atoms with van der Waals surface area (Å²) >= 11 is 3.41. The number of amides is 1. The molecule has 2 aromatic rings. The van der Waals surface area contributed by atoms with E-state index in [0.717, 1.165) is 28.3 Å². The van der Waals surface area contributed by atoms with Crippen molar-refractivity contribution in [2.24, 2.45) is 0 Å². The molecule has 20 heavy (non-hydrogen) atoms. The molecule has 1 amide bonds. The van der Waals surface area contributed by atoms with E-state index in [2.05, 4.69) is 43.5 Å². The van der Waals surface area contributed by atoms with Crippen LogP contribution in [0.1, 0.15) is 23.8 Å². The van der Waals surface area contributed by atoms with Gasteiger partial charge in [-0.1, -0.05) is 0 Å². The van der Waals surface area contributed by atoms with E-state index < -0.39 is 0 Å². The van der Waals surface area contributed by atoms with Crippen LogP contribution in [-0.2, 0) is 0 Å². The Morgan fingerprint density at radius 3 is 3.05 bits per heavy atom. The van der Waals surface area contributed by atoms with Crippen molar-refractivity contribution in [1.29, 1.82) is 0 Å². The van der Waals surface area contributed by atoms with Crippen molar-refractivity contribution < 1.29 is 4.79 Å². The fraction of sp³-hybridized carbons (Fsp3) is 0.357. The SMILES string of the molecule is CC1CC(NC(=O)c2ccc3cncc(Br)c3n2)CN1. The molecule has 6 heteroatoms. The molecule has 0 radical (unpaired) electrons. The minimum Gasteiger partial charge on any atom is -0.347 e. The van der Waals surface area contributed by atoms with Crippen molar-refractivity contribution in [2.75, 3.05) is 6.54 Å². The fourth-order valence-electron chi connectivity index (χ4n) is 2.44. The van der Waals surface area contributed by atoms with E-state index in [-0.39, 0.29) is 11.9 Å². The van der Waals surface area contributed by atoms with E-state index in [4.69, 9.17) is 0 Å². The molecule has 3 rings (SSSR count). The number of hydrogen-bond acceptors (Lipinski definition) is 4. The van der Waals surface area contributed by atoms with Gasteiger partial charge in [0.25, 0.3) is 5.91 Å². The van der Waals surface area contributed by atoms with E-state index in [1.54, 1.807) is 18.5 Å². The summed E-state index contributed by atoms with van der Waals surface area (Å²) in [7, 11) is 0. The van der Waals surface area contributed by atoms with Crippen LogP contribution in [-0.4, -0.2) is 34.5 Å². The standard InChI is InChI=1S/C14H15BrN4O/c1-8-4-10(6-17-8)18-14(20)12-3-2-9-5-16-7-11(15)13(9)19-12/h2-3,5,7-8,10,17H,4,6H2,1H3,(H,18,20). The number of fused-ring (bicyclic) bond motifs is 1. The van der Waals surface area contributed by atoms with Crippen LogP contribution in [0.3, 0.4) is 0 Å². The Bertz CT molecular complexity index is 661. The first-order valence-electron chi connectivity index (χ1n) is 6.58. The van der Waals surface area contributed by atoms with Gasteiger partial charge in [0.2, 0.25) is 0 Å². The van der Waals surface area contributed by atoms with Crippen molar-refractivity contribution in [3.63, 3.8) is 0 Å². The number of rotatable bonds is 2. The summed E-state index contributed by atoms with van der Waals surface area (Å²) in [5.41, 5.74) is 1.19. The van der Waals surface area contributed by atoms with Crippen molar-refractivity contribution in [1.82, 2.24) is 20.6 Å². The topological polar surface area (TPSA) is 66.9 Å². The summed E-state index contributed by atoms with van der Waals surface area (Å²) in [6.07, 6.45) is 4.36. The number of halogens is 1. The molecule has 1 aliphatic rings. The Morgan fingerprint density at radius 1 is 1.45 bits per heavy atom. The number of carbonyl (C=O) groups is 1. The summed E-state index contributed by atoms with van der Waals surface area (Å²) in [5, 5.41) is 7.24. The Morgan fingerprint density at radius 2 is 2.30 bits per heavy atom. The molecule has 0 bridgehead atoms. The van der Waals surface area contributed by atoms with Crippen LogP contribution in [0.4, 0.5) is 0 Å². The van der Waals surface area contributed by atoms with Gasteiger partial charge in [0, 0.05) is 36.4 Å². The normalized spacial score (nSPS) is 22.1. The molecule has 0 aromatic carbocycles. The Balaban J connectivity index is 1.83. The van der Waals surface area contributed by atoms with E-state index in [1.807, 2.05) is 6.07 Å². The lowest BCUT2D eigenvalue weighted by molar-refractivity contribution is 0.0935. The summed E-state index contributed by atoms with van der Waals surface area (Å²) in [6.45, 7) is 2.93. The number of nitrogens with zero attached hydrogens (tertiary/aromatic N) is 2. The van der Waals surface area contributed by atoms with Crippen LogP contribution in [0.5, 0.6) is 0 Å². The van der Waals surface area contributed by atoms with Crippen LogP contribution in [0, 0.1) is 0 Å². The van der Waals surface area contributed by atoms with E-state index in [1.165, 1.54) is 0 Å². The molecule has 2 N–H and O–H groups in total. The summed E-state index contributed by atoms with van der Waals surface area (Å²) in [5.74, 6) is -0.128. The lowest BCUT2D eigenvalue weighted by Crippen LogP contribution is -2.36. The third-order valence-electron chi connectivity index (χ3n) is 3.47. The first-order valence-corrected chi connectivity index (χ1v) is 7.37. The van der Waals surface area contributed by atoms with E-state index in [0.29, 0.717) is 11.7 Å². The zero-order valence-corrected chi connectivity index (χ0v) is 12.6. The molecular formula is C14H15BrN4O. The van der Waals surface area contributed by atoms with Crippen LogP contribution < -0.4 is 10.6 Å². The molecule has 3 heterocycles. The monoisotopic (exact) mass is 334 g/mol. The molecule has 2 unspecified atom stereocenters. The summed E-state index contributed by atoms with van der Waals surface area (Å²) in [6, 6.07) is 4.23. The maximum absolute atomic E-state index is 12.2. The Kier molecular flexibility index (Phi) is 3.67. The first kappa shape index (κ1) is 13.5. The summed E-state index contributed by atoms with van der Waals surface area (Å²) in [4.78, 5) is 20.7. The second-order valence-electron chi connectivity index (χ2n) is 5.10. The van der Waals surface area contributed by atoms with E-state index >= 15 is 0 Å². The van der Waals surface area contributed by atoms with Gasteiger partial charge in [-0.3, -0.25) is 9.78 Å². The molecule has 5 nitrogen and oxygen atoms in total. The third kappa shape index (κ3) is 2.66. The van der Waals surface area contributed by atoms with Crippen molar-refractivity contribution in [2.45, 2.75) is 25.4 Å². The van der Waals surface area contributed by atoms with Crippen molar-refractivity contribution in [3.05, 3.63) is 34.7 Å². The predicted molar refractivity (Wildman–Crippen MR) is 80.6 cm³/mol. The quantitative estimate of drug-likeness (QED) is 0.879. The molecule has 2 atom stereocenters. The minimum atomic E-state index is -0.128. The molecule has 2 aromatic heterocycles. The predicted octanol–water partition coefficient (Wildman–Crippen LogP) is 1.87. The Hall–Kier alpha value is -1.53. The van der Waals surface area contributed by atoms with Gasteiger partial charge >= 0.3 is 0 Å². The highest BCUT2D eigenvalue weighted by Crippen LogP contribution is 2.20. The fourth-order valence-corrected chi connectivity index (χ4v) is 2.88. The highest BCUT2D eigenvalue weighted by molar-refractivity contribution is 9.10. The summed E-state index contributed by atoms with van der Waals surface area (Å²) < 4.78 is 0.792. The minimum absolute atomic E-state index is 0.128. The van der Waals surface area contributed by atoms with Gasteiger partial charge in [-0.15, -0.1) is 0 Å². The van der Waals surface area contributed by atoms with Crippen LogP contribution >= 0.6 is 15.9 Å². The molecule has 1 aliphatic heterocycles. The molecule has 1 saturated heterocycles. The van der Waals surface area contributed by atoms with Crippen molar-refractivity contribution in [3.8, 4) is 0 Å². The van der Waals surface area contributed by atoms with Crippen LogP contribution in [0.25, 0.3) is 10.9 Å². The highest BCUT2D eigenvalue weighted by atomic mass is 79.9. The zero-order valence-electron chi connectivity index (χ0n) is 11.1.